The van der Waals surface area contributed by atoms with Crippen LogP contribution in [0.25, 0.3) is 0 Å². The molecule has 0 radical (unpaired) electrons. The Morgan fingerprint density at radius 1 is 1.47 bits per heavy atom. The third kappa shape index (κ3) is 2.96. The first-order chi connectivity index (χ1) is 8.08. The van der Waals surface area contributed by atoms with E-state index in [4.69, 9.17) is 0 Å². The molecule has 1 fully saturated rings. The van der Waals surface area contributed by atoms with E-state index in [1.54, 1.807) is 11.3 Å². The van der Waals surface area contributed by atoms with Crippen LogP contribution in [0.1, 0.15) is 46.3 Å². The molecule has 0 saturated carbocycles. The first-order valence-electron chi connectivity index (χ1n) is 6.42. The molecule has 17 heavy (non-hydrogen) atoms. The Kier molecular flexibility index (Phi) is 4.00. The maximum Gasteiger partial charge on any atom is 0.177 e. The van der Waals surface area contributed by atoms with Crippen molar-refractivity contribution < 1.29 is 4.79 Å². The monoisotopic (exact) mass is 251 g/mol. The number of hydrogen-bond acceptors (Lipinski definition) is 3. The molecule has 2 heterocycles. The van der Waals surface area contributed by atoms with Gasteiger partial charge in [-0.15, -0.1) is 11.3 Å². The molecule has 0 aromatic carbocycles. The van der Waals surface area contributed by atoms with Gasteiger partial charge in [-0.2, -0.15) is 0 Å². The highest BCUT2D eigenvalue weighted by molar-refractivity contribution is 7.12. The summed E-state index contributed by atoms with van der Waals surface area (Å²) in [5.41, 5.74) is 0.935. The lowest BCUT2D eigenvalue weighted by molar-refractivity contribution is 0.0860. The van der Waals surface area contributed by atoms with Crippen LogP contribution in [-0.2, 0) is 0 Å². The lowest BCUT2D eigenvalue weighted by Gasteiger charge is -2.32. The molecule has 1 atom stereocenters. The van der Waals surface area contributed by atoms with E-state index in [0.717, 1.165) is 17.0 Å². The van der Waals surface area contributed by atoms with Crippen LogP contribution in [0, 0.1) is 13.8 Å². The molecule has 2 rings (SSSR count). The fraction of sp³-hybridized carbons (Fsp3) is 0.643. The number of piperidine rings is 1. The Labute approximate surface area is 108 Å². The van der Waals surface area contributed by atoms with Crippen molar-refractivity contribution in [3.63, 3.8) is 0 Å². The number of carbonyl (C=O) groups is 1. The van der Waals surface area contributed by atoms with E-state index in [9.17, 15) is 4.79 Å². The first-order valence-corrected chi connectivity index (χ1v) is 7.24. The Balaban J connectivity index is 2.03. The van der Waals surface area contributed by atoms with Gasteiger partial charge in [0, 0.05) is 21.4 Å². The van der Waals surface area contributed by atoms with Crippen LogP contribution in [0.5, 0.6) is 0 Å². The Bertz CT molecular complexity index is 410. The van der Waals surface area contributed by atoms with Crippen molar-refractivity contribution in [1.29, 1.82) is 0 Å². The average Bonchev–Trinajstić information content (AvgIpc) is 2.61. The lowest BCUT2D eigenvalue weighted by atomic mass is 10.0. The van der Waals surface area contributed by atoms with Crippen LogP contribution in [0.2, 0.25) is 0 Å². The number of rotatable bonds is 3. The molecule has 1 aromatic rings. The standard InChI is InChI=1S/C14H21NOS/c1-10-6-4-5-7-15(10)9-14(16)13-8-11(2)17-12(13)3/h8,10H,4-7,9H2,1-3H3. The number of aryl methyl sites for hydroxylation is 2. The van der Waals surface area contributed by atoms with Crippen LogP contribution < -0.4 is 0 Å². The van der Waals surface area contributed by atoms with Gasteiger partial charge < -0.3 is 0 Å². The topological polar surface area (TPSA) is 20.3 Å². The number of likely N-dealkylation sites (tertiary alicyclic amines) is 1. The number of nitrogens with zero attached hydrogens (tertiary/aromatic N) is 1. The largest absolute Gasteiger partial charge is 0.293 e. The van der Waals surface area contributed by atoms with Crippen molar-refractivity contribution in [2.24, 2.45) is 0 Å². The van der Waals surface area contributed by atoms with Crippen LogP contribution >= 0.6 is 11.3 Å². The molecule has 1 saturated heterocycles. The molecule has 0 N–H and O–H groups in total. The molecule has 3 heteroatoms. The normalized spacial score (nSPS) is 21.7. The molecule has 1 unspecified atom stereocenters. The highest BCUT2D eigenvalue weighted by Gasteiger charge is 2.22. The summed E-state index contributed by atoms with van der Waals surface area (Å²) in [4.78, 5) is 17.0. The number of thiophene rings is 1. The Hall–Kier alpha value is -0.670. The summed E-state index contributed by atoms with van der Waals surface area (Å²) in [6.45, 7) is 8.02. The van der Waals surface area contributed by atoms with Crippen LogP contribution in [0.4, 0.5) is 0 Å². The number of hydrogen-bond donors (Lipinski definition) is 0. The quantitative estimate of drug-likeness (QED) is 0.767. The number of Topliss-reactive ketones (excluding diaryl/α,β-unsaturated/α-hetero) is 1. The Morgan fingerprint density at radius 2 is 2.24 bits per heavy atom. The van der Waals surface area contributed by atoms with Gasteiger partial charge >= 0.3 is 0 Å². The average molecular weight is 251 g/mol. The molecule has 1 aliphatic rings. The summed E-state index contributed by atoms with van der Waals surface area (Å²) in [6, 6.07) is 2.60. The van der Waals surface area contributed by atoms with Crippen molar-refractivity contribution >= 4 is 17.1 Å². The predicted octanol–water partition coefficient (Wildman–Crippen LogP) is 3.42. The zero-order valence-corrected chi connectivity index (χ0v) is 11.8. The van der Waals surface area contributed by atoms with Gasteiger partial charge in [0.25, 0.3) is 0 Å². The molecule has 1 aromatic heterocycles. The van der Waals surface area contributed by atoms with Crippen LogP contribution in [0.15, 0.2) is 6.07 Å². The zero-order chi connectivity index (χ0) is 12.4. The maximum absolute atomic E-state index is 12.3. The summed E-state index contributed by atoms with van der Waals surface area (Å²) >= 11 is 1.72. The van der Waals surface area contributed by atoms with Gasteiger partial charge in [0.1, 0.15) is 0 Å². The molecular weight excluding hydrogens is 230 g/mol. The lowest BCUT2D eigenvalue weighted by Crippen LogP contribution is -2.40. The summed E-state index contributed by atoms with van der Waals surface area (Å²) in [7, 11) is 0. The molecule has 0 aliphatic carbocycles. The molecular formula is C14H21NOS. The molecule has 0 amide bonds. The van der Waals surface area contributed by atoms with Gasteiger partial charge in [-0.1, -0.05) is 6.42 Å². The van der Waals surface area contributed by atoms with E-state index in [0.29, 0.717) is 18.4 Å². The fourth-order valence-corrected chi connectivity index (χ4v) is 3.51. The van der Waals surface area contributed by atoms with Crippen LogP contribution in [0.3, 0.4) is 0 Å². The van der Waals surface area contributed by atoms with Crippen molar-refractivity contribution in [1.82, 2.24) is 4.90 Å². The van der Waals surface area contributed by atoms with E-state index in [-0.39, 0.29) is 0 Å². The second-order valence-electron chi connectivity index (χ2n) is 5.07. The summed E-state index contributed by atoms with van der Waals surface area (Å²) in [5, 5.41) is 0. The summed E-state index contributed by atoms with van der Waals surface area (Å²) in [5.74, 6) is 0.292. The van der Waals surface area contributed by atoms with Crippen molar-refractivity contribution in [2.75, 3.05) is 13.1 Å². The molecule has 2 nitrogen and oxygen atoms in total. The predicted molar refractivity (Wildman–Crippen MR) is 73.0 cm³/mol. The Morgan fingerprint density at radius 3 is 2.82 bits per heavy atom. The van der Waals surface area contributed by atoms with Crippen LogP contribution in [-0.4, -0.2) is 29.8 Å². The summed E-state index contributed by atoms with van der Waals surface area (Å²) in [6.07, 6.45) is 3.77. The second-order valence-corrected chi connectivity index (χ2v) is 6.53. The van der Waals surface area contributed by atoms with Gasteiger partial charge in [0.05, 0.1) is 6.54 Å². The van der Waals surface area contributed by atoms with E-state index < -0.39 is 0 Å². The van der Waals surface area contributed by atoms with Crippen molar-refractivity contribution in [3.8, 4) is 0 Å². The summed E-state index contributed by atoms with van der Waals surface area (Å²) < 4.78 is 0. The van der Waals surface area contributed by atoms with Gasteiger partial charge in [-0.3, -0.25) is 9.69 Å². The van der Waals surface area contributed by atoms with Gasteiger partial charge in [0.2, 0.25) is 0 Å². The van der Waals surface area contributed by atoms with E-state index in [1.165, 1.54) is 24.1 Å². The molecule has 1 aliphatic heterocycles. The minimum absolute atomic E-state index is 0.292. The van der Waals surface area contributed by atoms with Gasteiger partial charge in [-0.25, -0.2) is 0 Å². The van der Waals surface area contributed by atoms with E-state index in [2.05, 4.69) is 18.7 Å². The molecule has 94 valence electrons. The van der Waals surface area contributed by atoms with Crippen molar-refractivity contribution in [2.45, 2.75) is 46.1 Å². The van der Waals surface area contributed by atoms with E-state index >= 15 is 0 Å². The zero-order valence-electron chi connectivity index (χ0n) is 11.0. The third-order valence-electron chi connectivity index (χ3n) is 3.63. The first kappa shape index (κ1) is 12.8. The minimum atomic E-state index is 0.292. The maximum atomic E-state index is 12.3. The SMILES string of the molecule is Cc1cc(C(=O)CN2CCCCC2C)c(C)s1. The second kappa shape index (κ2) is 5.32. The number of ketones is 1. The smallest absolute Gasteiger partial charge is 0.177 e. The van der Waals surface area contributed by atoms with Crippen molar-refractivity contribution in [3.05, 3.63) is 21.4 Å². The molecule has 0 bridgehead atoms. The fourth-order valence-electron chi connectivity index (χ4n) is 2.57. The highest BCUT2D eigenvalue weighted by atomic mass is 32.1. The van der Waals surface area contributed by atoms with Gasteiger partial charge in [0.15, 0.2) is 5.78 Å². The minimum Gasteiger partial charge on any atom is -0.293 e. The highest BCUT2D eigenvalue weighted by Crippen LogP contribution is 2.22. The number of carbonyl (C=O) groups excluding carboxylic acids is 1. The third-order valence-corrected chi connectivity index (χ3v) is 4.59. The van der Waals surface area contributed by atoms with Gasteiger partial charge in [-0.05, 0) is 46.2 Å². The molecule has 0 spiro atoms. The van der Waals surface area contributed by atoms with E-state index in [1.807, 2.05) is 13.0 Å².